The Hall–Kier alpha value is -1.71. The van der Waals surface area contributed by atoms with Gasteiger partial charge in [0.05, 0.1) is 16.8 Å². The fourth-order valence-electron chi connectivity index (χ4n) is 1.90. The summed E-state index contributed by atoms with van der Waals surface area (Å²) >= 11 is 0. The van der Waals surface area contributed by atoms with Crippen LogP contribution in [0, 0.1) is 11.3 Å². The molecule has 0 atom stereocenters. The summed E-state index contributed by atoms with van der Waals surface area (Å²) in [6.45, 7) is 9.20. The predicted octanol–water partition coefficient (Wildman–Crippen LogP) is 1.46. The van der Waals surface area contributed by atoms with Gasteiger partial charge in [-0.25, -0.2) is 4.98 Å². The molecule has 1 aliphatic rings. The highest BCUT2D eigenvalue weighted by Crippen LogP contribution is 2.36. The molecule has 1 saturated heterocycles. The monoisotopic (exact) mass is 272 g/mol. The molecule has 0 radical (unpaired) electrons. The van der Waals surface area contributed by atoms with Crippen molar-refractivity contribution in [2.75, 3.05) is 0 Å². The summed E-state index contributed by atoms with van der Waals surface area (Å²) in [5.74, 6) is -0.123. The number of aromatic nitrogens is 1. The zero-order valence-electron chi connectivity index (χ0n) is 12.4. The van der Waals surface area contributed by atoms with E-state index >= 15 is 0 Å². The Morgan fingerprint density at radius 2 is 1.80 bits per heavy atom. The normalized spacial score (nSPS) is 19.7. The van der Waals surface area contributed by atoms with Gasteiger partial charge in [-0.15, -0.1) is 0 Å². The van der Waals surface area contributed by atoms with Crippen molar-refractivity contribution in [3.05, 3.63) is 23.4 Å². The lowest BCUT2D eigenvalue weighted by Gasteiger charge is -2.32. The van der Waals surface area contributed by atoms with Gasteiger partial charge < -0.3 is 9.31 Å². The molecule has 1 aromatic rings. The Bertz CT molecular complexity index is 589. The summed E-state index contributed by atoms with van der Waals surface area (Å²) in [6, 6.07) is 5.04. The number of ketones is 1. The molecule has 104 valence electrons. The summed E-state index contributed by atoms with van der Waals surface area (Å²) < 4.78 is 11.8. The molecule has 2 heterocycles. The smallest absolute Gasteiger partial charge is 0.398 e. The quantitative estimate of drug-likeness (QED) is 0.602. The highest BCUT2D eigenvalue weighted by molar-refractivity contribution is 6.61. The Morgan fingerprint density at radius 3 is 2.25 bits per heavy atom. The third kappa shape index (κ3) is 2.47. The average Bonchev–Trinajstić information content (AvgIpc) is 2.58. The molecule has 0 amide bonds. The van der Waals surface area contributed by atoms with Gasteiger partial charge in [0.2, 0.25) is 0 Å². The van der Waals surface area contributed by atoms with Crippen molar-refractivity contribution in [1.29, 1.82) is 5.26 Å². The topological polar surface area (TPSA) is 72.2 Å². The van der Waals surface area contributed by atoms with Crippen molar-refractivity contribution in [1.82, 2.24) is 4.98 Å². The van der Waals surface area contributed by atoms with Gasteiger partial charge in [-0.1, -0.05) is 0 Å². The zero-order chi connectivity index (χ0) is 15.1. The van der Waals surface area contributed by atoms with Crippen LogP contribution in [0.25, 0.3) is 0 Å². The average molecular weight is 272 g/mol. The summed E-state index contributed by atoms with van der Waals surface area (Å²) in [5.41, 5.74) is 0.0908. The van der Waals surface area contributed by atoms with Crippen LogP contribution in [0.4, 0.5) is 0 Å². The summed E-state index contributed by atoms with van der Waals surface area (Å²) in [4.78, 5) is 15.7. The van der Waals surface area contributed by atoms with Gasteiger partial charge in [-0.2, -0.15) is 5.26 Å². The molecule has 2 rings (SSSR count). The maximum atomic E-state index is 11.5. The molecular formula is C14H17BN2O3. The predicted molar refractivity (Wildman–Crippen MR) is 74.7 cm³/mol. The molecular weight excluding hydrogens is 255 g/mol. The lowest BCUT2D eigenvalue weighted by atomic mass is 9.83. The van der Waals surface area contributed by atoms with Crippen molar-refractivity contribution in [3.63, 3.8) is 0 Å². The second-order valence-corrected chi connectivity index (χ2v) is 5.92. The third-order valence-corrected chi connectivity index (χ3v) is 3.86. The van der Waals surface area contributed by atoms with Gasteiger partial charge in [-0.05, 0) is 46.8 Å². The molecule has 0 unspecified atom stereocenters. The second-order valence-electron chi connectivity index (χ2n) is 5.92. The van der Waals surface area contributed by atoms with Gasteiger partial charge in [0.25, 0.3) is 0 Å². The molecule has 20 heavy (non-hydrogen) atoms. The van der Waals surface area contributed by atoms with Crippen molar-refractivity contribution >= 4 is 18.5 Å². The molecule has 6 heteroatoms. The summed E-state index contributed by atoms with van der Waals surface area (Å²) in [7, 11) is -0.675. The minimum absolute atomic E-state index is 0.123. The van der Waals surface area contributed by atoms with Crippen LogP contribution in [0.15, 0.2) is 12.1 Å². The lowest BCUT2D eigenvalue weighted by molar-refractivity contribution is 0.00578. The van der Waals surface area contributed by atoms with Crippen LogP contribution in [0.1, 0.15) is 50.7 Å². The van der Waals surface area contributed by atoms with E-state index in [0.29, 0.717) is 11.2 Å². The third-order valence-electron chi connectivity index (χ3n) is 3.86. The minimum Gasteiger partial charge on any atom is -0.398 e. The van der Waals surface area contributed by atoms with Gasteiger partial charge >= 0.3 is 7.12 Å². The van der Waals surface area contributed by atoms with E-state index in [4.69, 9.17) is 14.6 Å². The van der Waals surface area contributed by atoms with E-state index in [1.165, 1.54) is 13.0 Å². The number of hydrogen-bond acceptors (Lipinski definition) is 5. The maximum absolute atomic E-state index is 11.5. The van der Waals surface area contributed by atoms with E-state index < -0.39 is 18.3 Å². The van der Waals surface area contributed by atoms with Gasteiger partial charge in [0.15, 0.2) is 5.78 Å². The van der Waals surface area contributed by atoms with E-state index in [9.17, 15) is 4.79 Å². The van der Waals surface area contributed by atoms with Crippen molar-refractivity contribution in [2.24, 2.45) is 0 Å². The van der Waals surface area contributed by atoms with Crippen LogP contribution in [0.2, 0.25) is 0 Å². The molecule has 0 N–H and O–H groups in total. The van der Waals surface area contributed by atoms with E-state index in [0.717, 1.165) is 0 Å². The molecule has 0 saturated carbocycles. The number of pyridine rings is 1. The van der Waals surface area contributed by atoms with Crippen molar-refractivity contribution < 1.29 is 14.1 Å². The van der Waals surface area contributed by atoms with Crippen molar-refractivity contribution in [2.45, 2.75) is 45.8 Å². The molecule has 0 bridgehead atoms. The first-order chi connectivity index (χ1) is 9.16. The molecule has 0 spiro atoms. The van der Waals surface area contributed by atoms with Crippen LogP contribution < -0.4 is 5.59 Å². The Morgan fingerprint density at radius 1 is 1.25 bits per heavy atom. The number of carbonyl (C=O) groups excluding carboxylic acids is 1. The number of nitrogens with zero attached hydrogens (tertiary/aromatic N) is 2. The van der Waals surface area contributed by atoms with Crippen LogP contribution >= 0.6 is 0 Å². The molecule has 1 fully saturated rings. The fourth-order valence-corrected chi connectivity index (χ4v) is 1.90. The molecule has 0 aliphatic carbocycles. The van der Waals surface area contributed by atoms with E-state index in [1.54, 1.807) is 6.07 Å². The van der Waals surface area contributed by atoms with Crippen LogP contribution in [-0.2, 0) is 9.31 Å². The summed E-state index contributed by atoms with van der Waals surface area (Å²) in [6.07, 6.45) is 0. The number of Topliss-reactive ketones (excluding diaryl/α,β-unsaturated/α-hetero) is 1. The van der Waals surface area contributed by atoms with Gasteiger partial charge in [0, 0.05) is 5.56 Å². The molecule has 5 nitrogen and oxygen atoms in total. The molecule has 1 aliphatic heterocycles. The first-order valence-corrected chi connectivity index (χ1v) is 6.45. The van der Waals surface area contributed by atoms with Crippen LogP contribution in [0.3, 0.4) is 0 Å². The number of rotatable bonds is 2. The lowest BCUT2D eigenvalue weighted by Crippen LogP contribution is -2.41. The van der Waals surface area contributed by atoms with Crippen LogP contribution in [0.5, 0.6) is 0 Å². The first kappa shape index (κ1) is 14.7. The van der Waals surface area contributed by atoms with Gasteiger partial charge in [0.1, 0.15) is 11.8 Å². The standard InChI is InChI=1S/C14H17BN2O3/c1-9(18)10-6-11(8-16)17-12(7-10)15-19-13(2,3)14(4,5)20-15/h6-7H,1-5H3. The Kier molecular flexibility index (Phi) is 3.45. The van der Waals surface area contributed by atoms with Crippen LogP contribution in [-0.4, -0.2) is 29.1 Å². The number of carbonyl (C=O) groups is 1. The van der Waals surface area contributed by atoms with E-state index in [2.05, 4.69) is 4.98 Å². The van der Waals surface area contributed by atoms with Gasteiger partial charge in [-0.3, -0.25) is 4.79 Å². The largest absolute Gasteiger partial charge is 0.514 e. The SMILES string of the molecule is CC(=O)c1cc(C#N)nc(B2OC(C)(C)C(C)(C)O2)c1. The Balaban J connectivity index is 2.43. The molecule has 0 aromatic carbocycles. The van der Waals surface area contributed by atoms with E-state index in [-0.39, 0.29) is 11.5 Å². The highest BCUT2D eigenvalue weighted by Gasteiger charge is 2.52. The first-order valence-electron chi connectivity index (χ1n) is 6.45. The zero-order valence-corrected chi connectivity index (χ0v) is 12.4. The van der Waals surface area contributed by atoms with E-state index in [1.807, 2.05) is 33.8 Å². The second kappa shape index (κ2) is 4.69. The number of hydrogen-bond donors (Lipinski definition) is 0. The fraction of sp³-hybridized carbons (Fsp3) is 0.500. The molecule has 1 aromatic heterocycles. The summed E-state index contributed by atoms with van der Waals surface area (Å²) in [5, 5.41) is 9.01. The number of nitriles is 1. The Labute approximate surface area is 119 Å². The maximum Gasteiger partial charge on any atom is 0.514 e. The van der Waals surface area contributed by atoms with Crippen molar-refractivity contribution in [3.8, 4) is 6.07 Å². The highest BCUT2D eigenvalue weighted by atomic mass is 16.7. The minimum atomic E-state index is -0.675.